The average molecular weight is 523 g/mol. The maximum Gasteiger partial charge on any atom is 0.460 e. The number of hydrogen-bond acceptors (Lipinski definition) is 4. The molecule has 0 saturated heterocycles. The van der Waals surface area contributed by atoms with Crippen molar-refractivity contribution < 1.29 is 71.4 Å². The molecule has 0 aromatic carbocycles. The number of likely N-dealkylation sites (N-methyl/N-ethyl adjacent to an activating group) is 1. The Morgan fingerprint density at radius 1 is 0.719 bits per heavy atom. The lowest BCUT2D eigenvalue weighted by molar-refractivity contribution is -0.890. The quantitative estimate of drug-likeness (QED) is 0.287. The van der Waals surface area contributed by atoms with E-state index >= 15 is 0 Å². The van der Waals surface area contributed by atoms with E-state index in [0.29, 0.717) is 0 Å². The van der Waals surface area contributed by atoms with E-state index in [0.717, 1.165) is 0 Å². The Morgan fingerprint density at radius 3 is 1.56 bits per heavy atom. The van der Waals surface area contributed by atoms with E-state index in [9.17, 15) is 56.7 Å². The van der Waals surface area contributed by atoms with E-state index in [1.165, 1.54) is 14.1 Å². The van der Waals surface area contributed by atoms with Gasteiger partial charge in [0.1, 0.15) is 6.54 Å². The van der Waals surface area contributed by atoms with Crippen molar-refractivity contribution in [3.63, 3.8) is 0 Å². The predicted molar refractivity (Wildman–Crippen MR) is 87.0 cm³/mol. The van der Waals surface area contributed by atoms with E-state index in [2.05, 4.69) is 0 Å². The number of alkyl halides is 11. The summed E-state index contributed by atoms with van der Waals surface area (Å²) in [4.78, 5) is 0. The van der Waals surface area contributed by atoms with Gasteiger partial charge >= 0.3 is 29.2 Å². The molecule has 0 saturated carbocycles. The van der Waals surface area contributed by atoms with E-state index in [4.69, 9.17) is 10.2 Å². The van der Waals surface area contributed by atoms with Gasteiger partial charge in [-0.2, -0.15) is 52.6 Å². The molecule has 2 N–H and O–H groups in total. The number of halogens is 11. The van der Waals surface area contributed by atoms with Gasteiger partial charge in [0.05, 0.1) is 33.9 Å². The van der Waals surface area contributed by atoms with Gasteiger partial charge in [0, 0.05) is 19.5 Å². The van der Waals surface area contributed by atoms with Crippen molar-refractivity contribution in [1.29, 1.82) is 0 Å². The molecule has 18 heteroatoms. The van der Waals surface area contributed by atoms with Crippen LogP contribution in [0.4, 0.5) is 48.3 Å². The highest BCUT2D eigenvalue weighted by Crippen LogP contribution is 2.58. The van der Waals surface area contributed by atoms with Crippen LogP contribution in [0.25, 0.3) is 0 Å². The molecule has 0 spiro atoms. The molecule has 0 fully saturated rings. The highest BCUT2D eigenvalue weighted by molar-refractivity contribution is 7.90. The number of aliphatic hydroxyl groups excluding tert-OH is 2. The Hall–Kier alpha value is -0.980. The van der Waals surface area contributed by atoms with Gasteiger partial charge in [-0.1, -0.05) is 0 Å². The Labute approximate surface area is 175 Å². The molecular weight excluding hydrogens is 501 g/mol. The molecule has 6 nitrogen and oxygen atoms in total. The lowest BCUT2D eigenvalue weighted by atomic mass is 10.0. The van der Waals surface area contributed by atoms with Crippen LogP contribution in [0.3, 0.4) is 0 Å². The highest BCUT2D eigenvalue weighted by atomic mass is 32.2. The van der Waals surface area contributed by atoms with E-state index in [1.807, 2.05) is 0 Å². The van der Waals surface area contributed by atoms with Crippen molar-refractivity contribution >= 4 is 10.0 Å². The predicted octanol–water partition coefficient (Wildman–Crippen LogP) is 2.13. The van der Waals surface area contributed by atoms with Gasteiger partial charge in [-0.05, 0) is 0 Å². The Morgan fingerprint density at radius 2 is 1.19 bits per heavy atom. The van der Waals surface area contributed by atoms with Crippen LogP contribution >= 0.6 is 0 Å². The SMILES string of the molecule is C[N+](C)(CCO)CCCN(CCO)S(=O)(=O)C(F)(F)C(F)(F)C(F)(F)C(F)(F)C(F)(F)F. The molecule has 0 rings (SSSR count). The molecule has 0 aromatic heterocycles. The van der Waals surface area contributed by atoms with Crippen molar-refractivity contribution in [2.75, 3.05) is 53.5 Å². The first-order chi connectivity index (χ1) is 14.0. The second-order valence-corrected chi connectivity index (χ2v) is 9.30. The third-order valence-corrected chi connectivity index (χ3v) is 6.35. The van der Waals surface area contributed by atoms with E-state index < -0.39 is 69.6 Å². The average Bonchev–Trinajstić information content (AvgIpc) is 2.59. The van der Waals surface area contributed by atoms with Crippen LogP contribution in [-0.4, -0.2) is 110 Å². The van der Waals surface area contributed by atoms with Crippen LogP contribution in [0, 0.1) is 0 Å². The monoisotopic (exact) mass is 523 g/mol. The second-order valence-electron chi connectivity index (χ2n) is 7.33. The molecule has 0 radical (unpaired) electrons. The fourth-order valence-electron chi connectivity index (χ4n) is 2.40. The van der Waals surface area contributed by atoms with Crippen LogP contribution in [0.2, 0.25) is 0 Å². The summed E-state index contributed by atoms with van der Waals surface area (Å²) >= 11 is 0. The van der Waals surface area contributed by atoms with Crippen molar-refractivity contribution in [3.05, 3.63) is 0 Å². The summed E-state index contributed by atoms with van der Waals surface area (Å²) in [6, 6.07) is 0. The molecule has 194 valence electrons. The third-order valence-electron chi connectivity index (χ3n) is 4.40. The van der Waals surface area contributed by atoms with Gasteiger partial charge < -0.3 is 14.7 Å². The zero-order chi connectivity index (χ0) is 26.0. The van der Waals surface area contributed by atoms with Crippen LogP contribution in [-0.2, 0) is 10.0 Å². The number of sulfonamides is 1. The van der Waals surface area contributed by atoms with Gasteiger partial charge in [0.2, 0.25) is 0 Å². The van der Waals surface area contributed by atoms with Gasteiger partial charge in [0.15, 0.2) is 0 Å². The molecule has 0 amide bonds. The van der Waals surface area contributed by atoms with Gasteiger partial charge in [-0.15, -0.1) is 0 Å². The molecule has 0 atom stereocenters. The van der Waals surface area contributed by atoms with Gasteiger partial charge in [-0.3, -0.25) is 0 Å². The summed E-state index contributed by atoms with van der Waals surface area (Å²) < 4.78 is 168. The molecule has 0 aliphatic heterocycles. The van der Waals surface area contributed by atoms with Crippen molar-refractivity contribution in [2.24, 2.45) is 0 Å². The summed E-state index contributed by atoms with van der Waals surface area (Å²) in [7, 11) is -4.03. The molecule has 0 bridgehead atoms. The minimum atomic E-state index is -7.86. The molecule has 0 aliphatic carbocycles. The zero-order valence-corrected chi connectivity index (χ0v) is 17.4. The first-order valence-electron chi connectivity index (χ1n) is 8.59. The fourth-order valence-corrected chi connectivity index (χ4v) is 3.87. The third kappa shape index (κ3) is 5.56. The first-order valence-corrected chi connectivity index (χ1v) is 10.0. The lowest BCUT2D eigenvalue weighted by Crippen LogP contribution is -2.69. The summed E-state index contributed by atoms with van der Waals surface area (Å²) in [6.07, 6.45) is -7.84. The van der Waals surface area contributed by atoms with Crippen molar-refractivity contribution in [2.45, 2.75) is 35.6 Å². The molecule has 0 aromatic rings. The Balaban J connectivity index is 6.14. The Kier molecular flexibility index (Phi) is 9.41. The molecule has 32 heavy (non-hydrogen) atoms. The van der Waals surface area contributed by atoms with Crippen LogP contribution < -0.4 is 0 Å². The Bertz CT molecular complexity index is 727. The van der Waals surface area contributed by atoms with Gasteiger partial charge in [0.25, 0.3) is 10.0 Å². The maximum atomic E-state index is 14.1. The number of hydrogen-bond donors (Lipinski definition) is 2. The summed E-state index contributed by atoms with van der Waals surface area (Å²) in [6.45, 7) is -4.17. The van der Waals surface area contributed by atoms with E-state index in [1.54, 1.807) is 0 Å². The summed E-state index contributed by atoms with van der Waals surface area (Å²) in [5.41, 5.74) is 0. The topological polar surface area (TPSA) is 77.8 Å². The highest BCUT2D eigenvalue weighted by Gasteiger charge is 2.89. The number of aliphatic hydroxyl groups is 2. The first kappa shape index (κ1) is 31.0. The van der Waals surface area contributed by atoms with Crippen LogP contribution in [0.5, 0.6) is 0 Å². The standard InChI is InChI=1S/C14H22F11N2O4S/c1-27(2,7-9-29)6-3-4-26(5-8-28)32(30,31)14(24,25)12(19,20)10(15,16)11(17,18)13(21,22)23/h28-29H,3-9H2,1-2H3/q+1. The number of quaternary nitrogens is 1. The molecule has 0 heterocycles. The van der Waals surface area contributed by atoms with Crippen molar-refractivity contribution in [1.82, 2.24) is 4.31 Å². The molecule has 0 unspecified atom stereocenters. The van der Waals surface area contributed by atoms with E-state index in [-0.39, 0.29) is 24.2 Å². The molecular formula is C14H22F11N2O4S+. The molecule has 0 aliphatic rings. The zero-order valence-electron chi connectivity index (χ0n) is 16.6. The number of nitrogens with zero attached hydrogens (tertiary/aromatic N) is 2. The lowest BCUT2D eigenvalue weighted by Gasteiger charge is -2.38. The van der Waals surface area contributed by atoms with Crippen molar-refractivity contribution in [3.8, 4) is 0 Å². The minimum absolute atomic E-state index is 0.0497. The van der Waals surface area contributed by atoms with Crippen LogP contribution in [0.15, 0.2) is 0 Å². The number of rotatable bonds is 13. The largest absolute Gasteiger partial charge is 0.460 e. The smallest absolute Gasteiger partial charge is 0.395 e. The summed E-state index contributed by atoms with van der Waals surface area (Å²) in [5, 5.41) is 10.6. The maximum absolute atomic E-state index is 14.1. The fraction of sp³-hybridized carbons (Fsp3) is 1.00. The van der Waals surface area contributed by atoms with Crippen LogP contribution in [0.1, 0.15) is 6.42 Å². The normalized spacial score (nSPS) is 15.5. The second kappa shape index (κ2) is 9.71. The van der Waals surface area contributed by atoms with Gasteiger partial charge in [-0.25, -0.2) is 8.42 Å². The summed E-state index contributed by atoms with van der Waals surface area (Å²) in [5.74, 6) is -23.3. The minimum Gasteiger partial charge on any atom is -0.395 e.